The molecule has 0 radical (unpaired) electrons. The molecule has 124 valence electrons. The van der Waals surface area contributed by atoms with Crippen molar-refractivity contribution in [2.45, 2.75) is 38.5 Å². The highest BCUT2D eigenvalue weighted by Gasteiger charge is 1.95. The number of unbranched alkanes of at least 4 members (excludes halogenated alkanes) is 4. The highest BCUT2D eigenvalue weighted by atomic mass is 15.1. The summed E-state index contributed by atoms with van der Waals surface area (Å²) in [5.41, 5.74) is 6.92. The summed E-state index contributed by atoms with van der Waals surface area (Å²) in [6.45, 7) is 2.78. The van der Waals surface area contributed by atoms with E-state index in [9.17, 15) is 0 Å². The summed E-state index contributed by atoms with van der Waals surface area (Å²) in [4.78, 5) is 10.9. The van der Waals surface area contributed by atoms with E-state index >= 15 is 0 Å². The molecule has 1 heterocycles. The van der Waals surface area contributed by atoms with Gasteiger partial charge in [-0.1, -0.05) is 25.3 Å². The van der Waals surface area contributed by atoms with Crippen LogP contribution in [0.4, 0.5) is 0 Å². The van der Waals surface area contributed by atoms with Crippen LogP contribution in [-0.4, -0.2) is 49.6 Å². The van der Waals surface area contributed by atoms with Gasteiger partial charge >= 0.3 is 0 Å². The van der Waals surface area contributed by atoms with Crippen LogP contribution in [0, 0.1) is 0 Å². The van der Waals surface area contributed by atoms with E-state index in [4.69, 9.17) is 5.73 Å². The van der Waals surface area contributed by atoms with Crippen LogP contribution in [-0.2, 0) is 6.42 Å². The van der Waals surface area contributed by atoms with Gasteiger partial charge in [-0.05, 0) is 45.6 Å². The first-order chi connectivity index (χ1) is 10.7. The summed E-state index contributed by atoms with van der Waals surface area (Å²) < 4.78 is 0. The van der Waals surface area contributed by atoms with Crippen LogP contribution < -0.4 is 11.1 Å². The van der Waals surface area contributed by atoms with Gasteiger partial charge in [0.25, 0.3) is 0 Å². The molecule has 0 aliphatic carbocycles. The van der Waals surface area contributed by atoms with Gasteiger partial charge in [-0.25, -0.2) is 0 Å². The van der Waals surface area contributed by atoms with Gasteiger partial charge in [0.2, 0.25) is 0 Å². The Balaban J connectivity index is 1.97. The number of nitrogens with one attached hydrogen (secondary N) is 1. The molecule has 22 heavy (non-hydrogen) atoms. The highest BCUT2D eigenvalue weighted by molar-refractivity contribution is 5.77. The number of hydrogen-bond donors (Lipinski definition) is 2. The second-order valence-corrected chi connectivity index (χ2v) is 5.84. The largest absolute Gasteiger partial charge is 0.370 e. The van der Waals surface area contributed by atoms with Crippen molar-refractivity contribution in [3.8, 4) is 0 Å². The molecule has 0 fully saturated rings. The zero-order valence-corrected chi connectivity index (χ0v) is 14.1. The van der Waals surface area contributed by atoms with E-state index in [-0.39, 0.29) is 0 Å². The molecule has 0 aliphatic heterocycles. The van der Waals surface area contributed by atoms with E-state index in [2.05, 4.69) is 34.3 Å². The molecule has 0 amide bonds. The van der Waals surface area contributed by atoms with Gasteiger partial charge in [-0.2, -0.15) is 0 Å². The van der Waals surface area contributed by atoms with Crippen molar-refractivity contribution in [2.75, 3.05) is 33.7 Å². The van der Waals surface area contributed by atoms with E-state index in [0.29, 0.717) is 5.96 Å². The zero-order chi connectivity index (χ0) is 16.0. The van der Waals surface area contributed by atoms with Crippen LogP contribution >= 0.6 is 0 Å². The van der Waals surface area contributed by atoms with Crippen LogP contribution in [0.15, 0.2) is 29.4 Å². The Kier molecular flexibility index (Phi) is 10.0. The Morgan fingerprint density at radius 1 is 1.18 bits per heavy atom. The molecule has 0 aliphatic rings. The summed E-state index contributed by atoms with van der Waals surface area (Å²) in [7, 11) is 4.25. The first-order valence-electron chi connectivity index (χ1n) is 8.27. The second-order valence-electron chi connectivity index (χ2n) is 5.84. The molecule has 0 unspecified atom stereocenters. The second kappa shape index (κ2) is 12.0. The molecule has 5 heteroatoms. The molecular weight excluding hydrogens is 274 g/mol. The van der Waals surface area contributed by atoms with Gasteiger partial charge in [-0.15, -0.1) is 0 Å². The Hall–Kier alpha value is -1.62. The van der Waals surface area contributed by atoms with E-state index < -0.39 is 0 Å². The Labute approximate surface area is 135 Å². The van der Waals surface area contributed by atoms with Crippen molar-refractivity contribution in [3.05, 3.63) is 30.1 Å². The molecule has 0 atom stereocenters. The Bertz CT molecular complexity index is 403. The lowest BCUT2D eigenvalue weighted by atomic mass is 10.1. The van der Waals surface area contributed by atoms with E-state index in [1.807, 2.05) is 24.4 Å². The van der Waals surface area contributed by atoms with Crippen molar-refractivity contribution in [2.24, 2.45) is 10.7 Å². The monoisotopic (exact) mass is 305 g/mol. The van der Waals surface area contributed by atoms with Gasteiger partial charge < -0.3 is 16.0 Å². The normalized spacial score (nSPS) is 11.9. The molecule has 0 saturated carbocycles. The molecule has 0 spiro atoms. The third-order valence-electron chi connectivity index (χ3n) is 3.46. The minimum Gasteiger partial charge on any atom is -0.370 e. The number of nitrogens with zero attached hydrogens (tertiary/aromatic N) is 3. The van der Waals surface area contributed by atoms with Crippen molar-refractivity contribution < 1.29 is 0 Å². The fraction of sp³-hybridized carbons (Fsp3) is 0.647. The molecule has 1 aromatic heterocycles. The summed E-state index contributed by atoms with van der Waals surface area (Å²) in [6, 6.07) is 5.94. The first kappa shape index (κ1) is 18.4. The van der Waals surface area contributed by atoms with Gasteiger partial charge in [-0.3, -0.25) is 9.98 Å². The number of aromatic nitrogens is 1. The molecule has 3 N–H and O–H groups in total. The quantitative estimate of drug-likeness (QED) is 0.373. The lowest BCUT2D eigenvalue weighted by Gasteiger charge is -2.08. The zero-order valence-electron chi connectivity index (χ0n) is 14.1. The third kappa shape index (κ3) is 10.2. The number of hydrogen-bond acceptors (Lipinski definition) is 3. The number of nitrogens with two attached hydrogens (primary N) is 1. The predicted octanol–water partition coefficient (Wildman–Crippen LogP) is 2.04. The summed E-state index contributed by atoms with van der Waals surface area (Å²) in [5, 5.41) is 3.14. The SMILES string of the molecule is CN(C)CCCCCCCN=C(N)NCCc1ccccn1. The molecule has 1 aromatic rings. The topological polar surface area (TPSA) is 66.5 Å². The smallest absolute Gasteiger partial charge is 0.188 e. The predicted molar refractivity (Wildman–Crippen MR) is 94.1 cm³/mol. The summed E-state index contributed by atoms with van der Waals surface area (Å²) in [5.74, 6) is 0.545. The van der Waals surface area contributed by atoms with E-state index in [1.54, 1.807) is 0 Å². The molecule has 1 rings (SSSR count). The minimum absolute atomic E-state index is 0.545. The lowest BCUT2D eigenvalue weighted by Crippen LogP contribution is -2.33. The van der Waals surface area contributed by atoms with E-state index in [0.717, 1.165) is 31.6 Å². The van der Waals surface area contributed by atoms with E-state index in [1.165, 1.54) is 32.2 Å². The van der Waals surface area contributed by atoms with Crippen molar-refractivity contribution in [3.63, 3.8) is 0 Å². The molecular formula is C17H31N5. The van der Waals surface area contributed by atoms with Crippen LogP contribution in [0.25, 0.3) is 0 Å². The van der Waals surface area contributed by atoms with Gasteiger partial charge in [0.05, 0.1) is 0 Å². The molecule has 0 saturated heterocycles. The summed E-state index contributed by atoms with van der Waals surface area (Å²) >= 11 is 0. The fourth-order valence-electron chi connectivity index (χ4n) is 2.19. The highest BCUT2D eigenvalue weighted by Crippen LogP contribution is 2.03. The van der Waals surface area contributed by atoms with Crippen LogP contribution in [0.2, 0.25) is 0 Å². The molecule has 0 bridgehead atoms. The van der Waals surface area contributed by atoms with Crippen LogP contribution in [0.1, 0.15) is 37.8 Å². The maximum absolute atomic E-state index is 5.85. The lowest BCUT2D eigenvalue weighted by molar-refractivity contribution is 0.390. The van der Waals surface area contributed by atoms with Crippen molar-refractivity contribution in [1.82, 2.24) is 15.2 Å². The van der Waals surface area contributed by atoms with Crippen LogP contribution in [0.3, 0.4) is 0 Å². The number of rotatable bonds is 11. The maximum atomic E-state index is 5.85. The van der Waals surface area contributed by atoms with Crippen LogP contribution in [0.5, 0.6) is 0 Å². The number of guanidine groups is 1. The third-order valence-corrected chi connectivity index (χ3v) is 3.46. The molecule has 5 nitrogen and oxygen atoms in total. The average Bonchev–Trinajstić information content (AvgIpc) is 2.50. The first-order valence-corrected chi connectivity index (χ1v) is 8.27. The minimum atomic E-state index is 0.545. The Morgan fingerprint density at radius 2 is 1.95 bits per heavy atom. The van der Waals surface area contributed by atoms with Crippen molar-refractivity contribution >= 4 is 5.96 Å². The van der Waals surface area contributed by atoms with Crippen molar-refractivity contribution in [1.29, 1.82) is 0 Å². The van der Waals surface area contributed by atoms with Gasteiger partial charge in [0, 0.05) is 31.4 Å². The van der Waals surface area contributed by atoms with Gasteiger partial charge in [0.1, 0.15) is 0 Å². The molecule has 0 aromatic carbocycles. The summed E-state index contributed by atoms with van der Waals surface area (Å²) in [6.07, 6.45) is 8.90. The number of pyridine rings is 1. The number of aliphatic imine (C=N–C) groups is 1. The standard InChI is InChI=1S/C17H31N5/c1-22(2)15-9-5-3-4-7-13-20-17(18)21-14-11-16-10-6-8-12-19-16/h6,8,10,12H,3-5,7,9,11,13-15H2,1-2H3,(H3,18,20,21). The van der Waals surface area contributed by atoms with Gasteiger partial charge in [0.15, 0.2) is 5.96 Å². The fourth-order valence-corrected chi connectivity index (χ4v) is 2.19. The average molecular weight is 305 g/mol. The maximum Gasteiger partial charge on any atom is 0.188 e. The Morgan fingerprint density at radius 3 is 2.68 bits per heavy atom.